The van der Waals surface area contributed by atoms with Crippen LogP contribution in [0.15, 0.2) is 0 Å². The minimum Gasteiger partial charge on any atom is -0.376 e. The van der Waals surface area contributed by atoms with E-state index < -0.39 is 11.9 Å². The van der Waals surface area contributed by atoms with E-state index in [4.69, 9.17) is 16.2 Å². The summed E-state index contributed by atoms with van der Waals surface area (Å²) >= 11 is 0. The smallest absolute Gasteiger partial charge is 0.234 e. The summed E-state index contributed by atoms with van der Waals surface area (Å²) in [6, 6.07) is -0.0908. The summed E-state index contributed by atoms with van der Waals surface area (Å²) in [6.45, 7) is 6.70. The van der Waals surface area contributed by atoms with Crippen molar-refractivity contribution < 1.29 is 9.53 Å². The Morgan fingerprint density at radius 3 is 2.88 bits per heavy atom. The van der Waals surface area contributed by atoms with Crippen molar-refractivity contribution in [2.24, 2.45) is 11.5 Å². The third-order valence-corrected chi connectivity index (χ3v) is 3.15. The van der Waals surface area contributed by atoms with Gasteiger partial charge in [0.1, 0.15) is 0 Å². The van der Waals surface area contributed by atoms with Crippen molar-refractivity contribution in [2.45, 2.75) is 44.9 Å². The van der Waals surface area contributed by atoms with Crippen molar-refractivity contribution >= 4 is 5.91 Å². The van der Waals surface area contributed by atoms with Crippen molar-refractivity contribution in [2.75, 3.05) is 19.7 Å². The van der Waals surface area contributed by atoms with E-state index in [0.29, 0.717) is 12.5 Å². The predicted molar refractivity (Wildman–Crippen MR) is 62.9 cm³/mol. The van der Waals surface area contributed by atoms with Gasteiger partial charge in [-0.25, -0.2) is 0 Å². The molecule has 1 rings (SSSR count). The van der Waals surface area contributed by atoms with Gasteiger partial charge in [0.15, 0.2) is 0 Å². The molecule has 4 N–H and O–H groups in total. The number of morpholine rings is 1. The first-order valence-electron chi connectivity index (χ1n) is 5.95. The Kier molecular flexibility index (Phi) is 5.18. The molecule has 0 aromatic rings. The topological polar surface area (TPSA) is 81.6 Å². The van der Waals surface area contributed by atoms with E-state index in [9.17, 15) is 4.79 Å². The lowest BCUT2D eigenvalue weighted by molar-refractivity contribution is -0.119. The van der Waals surface area contributed by atoms with Gasteiger partial charge in [-0.15, -0.1) is 0 Å². The number of carbonyl (C=O) groups excluding carboxylic acids is 1. The molecule has 1 aliphatic rings. The average molecular weight is 229 g/mol. The molecular weight excluding hydrogens is 206 g/mol. The zero-order valence-corrected chi connectivity index (χ0v) is 10.2. The highest BCUT2D eigenvalue weighted by Gasteiger charge is 2.25. The summed E-state index contributed by atoms with van der Waals surface area (Å²) in [7, 11) is 0. The number of carbonyl (C=O) groups is 1. The molecular formula is C11H23N3O2. The molecule has 5 nitrogen and oxygen atoms in total. The van der Waals surface area contributed by atoms with E-state index in [1.54, 1.807) is 0 Å². The fourth-order valence-electron chi connectivity index (χ4n) is 2.01. The Morgan fingerprint density at radius 1 is 1.62 bits per heavy atom. The number of hydrogen-bond donors (Lipinski definition) is 2. The minimum absolute atomic E-state index is 0.257. The zero-order valence-electron chi connectivity index (χ0n) is 10.2. The van der Waals surface area contributed by atoms with Crippen LogP contribution in [0.1, 0.15) is 26.7 Å². The number of ether oxygens (including phenoxy) is 1. The molecule has 0 aromatic heterocycles. The van der Waals surface area contributed by atoms with Gasteiger partial charge in [-0.2, -0.15) is 0 Å². The lowest BCUT2D eigenvalue weighted by atomic mass is 10.1. The molecule has 16 heavy (non-hydrogen) atoms. The van der Waals surface area contributed by atoms with Crippen LogP contribution < -0.4 is 11.5 Å². The third-order valence-electron chi connectivity index (χ3n) is 3.15. The van der Waals surface area contributed by atoms with Crippen molar-refractivity contribution in [1.29, 1.82) is 0 Å². The van der Waals surface area contributed by atoms with Gasteiger partial charge >= 0.3 is 0 Å². The summed E-state index contributed by atoms with van der Waals surface area (Å²) in [4.78, 5) is 13.2. The number of rotatable bonds is 5. The van der Waals surface area contributed by atoms with Crippen LogP contribution in [0.2, 0.25) is 0 Å². The molecule has 1 aliphatic heterocycles. The number of nitrogens with two attached hydrogens (primary N) is 2. The first kappa shape index (κ1) is 13.4. The van der Waals surface area contributed by atoms with Gasteiger partial charge in [0.2, 0.25) is 5.91 Å². The normalized spacial score (nSPS) is 28.9. The molecule has 5 heteroatoms. The highest BCUT2D eigenvalue weighted by molar-refractivity contribution is 5.79. The molecule has 3 atom stereocenters. The van der Waals surface area contributed by atoms with Gasteiger partial charge in [-0.3, -0.25) is 9.69 Å². The number of primary amides is 1. The summed E-state index contributed by atoms with van der Waals surface area (Å²) in [5.41, 5.74) is 10.8. The Hall–Kier alpha value is -0.650. The highest BCUT2D eigenvalue weighted by Crippen LogP contribution is 2.14. The quantitative estimate of drug-likeness (QED) is 0.677. The van der Waals surface area contributed by atoms with E-state index in [0.717, 1.165) is 26.1 Å². The second-order valence-electron chi connectivity index (χ2n) is 4.50. The fraction of sp³-hybridized carbons (Fsp3) is 0.909. The third kappa shape index (κ3) is 3.73. The van der Waals surface area contributed by atoms with Crippen LogP contribution in [-0.2, 0) is 9.53 Å². The molecule has 3 unspecified atom stereocenters. The second-order valence-corrected chi connectivity index (χ2v) is 4.50. The fourth-order valence-corrected chi connectivity index (χ4v) is 2.01. The van der Waals surface area contributed by atoms with E-state index in [1.807, 2.05) is 0 Å². The summed E-state index contributed by atoms with van der Waals surface area (Å²) < 4.78 is 5.60. The van der Waals surface area contributed by atoms with E-state index in [-0.39, 0.29) is 6.10 Å². The second kappa shape index (κ2) is 6.18. The van der Waals surface area contributed by atoms with Crippen LogP contribution in [0.5, 0.6) is 0 Å². The molecule has 0 aliphatic carbocycles. The van der Waals surface area contributed by atoms with Crippen LogP contribution in [0, 0.1) is 0 Å². The highest BCUT2D eigenvalue weighted by atomic mass is 16.5. The van der Waals surface area contributed by atoms with Gasteiger partial charge in [0.05, 0.1) is 18.8 Å². The Morgan fingerprint density at radius 2 is 2.31 bits per heavy atom. The molecule has 0 radical (unpaired) electrons. The maximum Gasteiger partial charge on any atom is 0.234 e. The van der Waals surface area contributed by atoms with Gasteiger partial charge in [-0.1, -0.05) is 6.92 Å². The van der Waals surface area contributed by atoms with Crippen molar-refractivity contribution in [1.82, 2.24) is 4.90 Å². The van der Waals surface area contributed by atoms with Crippen molar-refractivity contribution in [3.63, 3.8) is 0 Å². The molecule has 0 bridgehead atoms. The number of amides is 1. The summed E-state index contributed by atoms with van der Waals surface area (Å²) in [5.74, 6) is -0.422. The van der Waals surface area contributed by atoms with E-state index >= 15 is 0 Å². The van der Waals surface area contributed by atoms with Crippen LogP contribution >= 0.6 is 0 Å². The lowest BCUT2D eigenvalue weighted by Crippen LogP contribution is -2.50. The van der Waals surface area contributed by atoms with E-state index in [1.165, 1.54) is 0 Å². The summed E-state index contributed by atoms with van der Waals surface area (Å²) in [5, 5.41) is 0. The van der Waals surface area contributed by atoms with Crippen LogP contribution in [0.4, 0.5) is 0 Å². The zero-order chi connectivity index (χ0) is 12.1. The van der Waals surface area contributed by atoms with E-state index in [2.05, 4.69) is 18.7 Å². The minimum atomic E-state index is -0.532. The van der Waals surface area contributed by atoms with Crippen LogP contribution in [0.3, 0.4) is 0 Å². The Balaban J connectivity index is 2.40. The Bertz CT molecular complexity index is 235. The molecule has 1 fully saturated rings. The predicted octanol–water partition coefficient (Wildman–Crippen LogP) is -0.312. The molecule has 1 saturated heterocycles. The molecule has 1 amide bonds. The van der Waals surface area contributed by atoms with Gasteiger partial charge in [0, 0.05) is 19.1 Å². The van der Waals surface area contributed by atoms with Crippen molar-refractivity contribution in [3.05, 3.63) is 0 Å². The molecule has 0 spiro atoms. The average Bonchev–Trinajstić information content (AvgIpc) is 2.25. The lowest BCUT2D eigenvalue weighted by Gasteiger charge is -2.38. The molecule has 1 heterocycles. The first-order valence-corrected chi connectivity index (χ1v) is 5.95. The summed E-state index contributed by atoms with van der Waals surface area (Å²) in [6.07, 6.45) is 1.93. The molecule has 0 aromatic carbocycles. The van der Waals surface area contributed by atoms with Crippen LogP contribution in [-0.4, -0.2) is 48.7 Å². The molecule has 0 saturated carbocycles. The van der Waals surface area contributed by atoms with Crippen molar-refractivity contribution in [3.8, 4) is 0 Å². The van der Waals surface area contributed by atoms with Gasteiger partial charge in [0.25, 0.3) is 0 Å². The van der Waals surface area contributed by atoms with Crippen LogP contribution in [0.25, 0.3) is 0 Å². The standard InChI is InChI=1S/C11H23N3O2/c1-3-9-7-16-8(2)6-14(9)5-4-10(12)11(13)15/h8-10H,3-7,12H2,1-2H3,(H2,13,15). The Labute approximate surface area is 97.1 Å². The van der Waals surface area contributed by atoms with Gasteiger partial charge < -0.3 is 16.2 Å². The maximum atomic E-state index is 10.8. The largest absolute Gasteiger partial charge is 0.376 e. The SMILES string of the molecule is CCC1COC(C)CN1CCC(N)C(N)=O. The monoisotopic (exact) mass is 229 g/mol. The van der Waals surface area contributed by atoms with Gasteiger partial charge in [-0.05, 0) is 19.8 Å². The maximum absolute atomic E-state index is 10.8. The number of nitrogens with zero attached hydrogens (tertiary/aromatic N) is 1. The first-order chi connectivity index (χ1) is 7.54. The number of hydrogen-bond acceptors (Lipinski definition) is 4. The molecule has 94 valence electrons.